The molecule has 1 saturated carbocycles. The number of benzene rings is 1. The zero-order chi connectivity index (χ0) is 16.0. The highest BCUT2D eigenvalue weighted by Crippen LogP contribution is 2.53. The van der Waals surface area contributed by atoms with Crippen LogP contribution in [0.1, 0.15) is 25.7 Å². The van der Waals surface area contributed by atoms with Gasteiger partial charge in [-0.05, 0) is 68.5 Å². The van der Waals surface area contributed by atoms with E-state index in [-0.39, 0.29) is 5.75 Å². The summed E-state index contributed by atoms with van der Waals surface area (Å²) in [5.74, 6) is 9.65. The second-order valence-electron chi connectivity index (χ2n) is 6.33. The van der Waals surface area contributed by atoms with E-state index in [4.69, 9.17) is 4.74 Å². The first kappa shape index (κ1) is 15.4. The number of H-pyrrole nitrogens is 1. The van der Waals surface area contributed by atoms with Crippen LogP contribution < -0.4 is 4.74 Å². The van der Waals surface area contributed by atoms with Gasteiger partial charge in [0.2, 0.25) is 0 Å². The number of aromatic nitrogens is 1. The number of hydrogen-bond acceptors (Lipinski definition) is 2. The maximum atomic E-state index is 9.98. The fourth-order valence-electron chi connectivity index (χ4n) is 3.78. The van der Waals surface area contributed by atoms with Crippen molar-refractivity contribution in [1.29, 1.82) is 0 Å². The summed E-state index contributed by atoms with van der Waals surface area (Å²) in [5.41, 5.74) is 0.874. The molecule has 1 unspecified atom stereocenters. The Morgan fingerprint density at radius 1 is 1.22 bits per heavy atom. The van der Waals surface area contributed by atoms with Crippen LogP contribution in [0, 0.1) is 29.6 Å². The van der Waals surface area contributed by atoms with Crippen molar-refractivity contribution < 1.29 is 9.84 Å². The fraction of sp³-hybridized carbons (Fsp3) is 0.444. The Labute approximate surface area is 152 Å². The van der Waals surface area contributed by atoms with Gasteiger partial charge in [-0.3, -0.25) is 0 Å². The van der Waals surface area contributed by atoms with E-state index in [1.807, 2.05) is 6.07 Å². The highest BCUT2D eigenvalue weighted by Gasteiger charge is 2.49. The average molecular weight is 439 g/mol. The van der Waals surface area contributed by atoms with Gasteiger partial charge in [-0.25, -0.2) is 0 Å². The van der Waals surface area contributed by atoms with E-state index in [2.05, 4.69) is 48.7 Å². The molecule has 2 aromatic rings. The molecule has 0 saturated heterocycles. The van der Waals surface area contributed by atoms with Crippen molar-refractivity contribution in [1.82, 2.24) is 4.98 Å². The van der Waals surface area contributed by atoms with Crippen LogP contribution in [0.15, 0.2) is 21.2 Å². The number of fused-ring (bicyclic) bond motifs is 2. The Morgan fingerprint density at radius 2 is 1.91 bits per heavy atom. The van der Waals surface area contributed by atoms with Crippen molar-refractivity contribution in [2.24, 2.45) is 17.8 Å². The number of aromatic amines is 1. The van der Waals surface area contributed by atoms with Crippen LogP contribution in [0.25, 0.3) is 10.9 Å². The first-order chi connectivity index (χ1) is 11.2. The molecule has 0 radical (unpaired) electrons. The minimum Gasteiger partial charge on any atom is -0.506 e. The molecule has 1 fully saturated rings. The Hall–Kier alpha value is -1.12. The summed E-state index contributed by atoms with van der Waals surface area (Å²) in [4.78, 5) is 3.05. The first-order valence-electron chi connectivity index (χ1n) is 7.93. The Bertz CT molecular complexity index is 800. The van der Waals surface area contributed by atoms with E-state index in [1.54, 1.807) is 6.20 Å². The van der Waals surface area contributed by atoms with E-state index in [0.29, 0.717) is 5.92 Å². The fourth-order valence-corrected chi connectivity index (χ4v) is 5.33. The van der Waals surface area contributed by atoms with E-state index in [1.165, 1.54) is 12.8 Å². The molecule has 0 amide bonds. The topological polar surface area (TPSA) is 45.2 Å². The first-order valence-corrected chi connectivity index (χ1v) is 9.52. The Kier molecular flexibility index (Phi) is 4.07. The van der Waals surface area contributed by atoms with Crippen LogP contribution in [0.4, 0.5) is 0 Å². The molecule has 1 heterocycles. The lowest BCUT2D eigenvalue weighted by Crippen LogP contribution is -2.03. The van der Waals surface area contributed by atoms with Crippen LogP contribution in [-0.4, -0.2) is 16.7 Å². The molecule has 2 N–H and O–H groups in total. The SMILES string of the molecule is Oc1c[nH]c2cc(Br)c(OCC3[C@H]4CCC#CCC[C@@H]34)c(Br)c12. The van der Waals surface area contributed by atoms with E-state index in [9.17, 15) is 5.11 Å². The van der Waals surface area contributed by atoms with Gasteiger partial charge in [-0.15, -0.1) is 11.8 Å². The predicted molar refractivity (Wildman–Crippen MR) is 97.6 cm³/mol. The van der Waals surface area contributed by atoms with Crippen molar-refractivity contribution in [3.8, 4) is 23.3 Å². The molecule has 5 heteroatoms. The Balaban J connectivity index is 1.51. The zero-order valence-electron chi connectivity index (χ0n) is 12.5. The number of halogens is 2. The highest BCUT2D eigenvalue weighted by atomic mass is 79.9. The molecule has 3 nitrogen and oxygen atoms in total. The lowest BCUT2D eigenvalue weighted by atomic mass is 10.1. The number of aromatic hydroxyl groups is 1. The molecule has 2 aliphatic rings. The van der Waals surface area contributed by atoms with Crippen molar-refractivity contribution in [3.05, 3.63) is 21.2 Å². The molecular formula is C18H17Br2NO2. The van der Waals surface area contributed by atoms with E-state index < -0.39 is 0 Å². The van der Waals surface area contributed by atoms with Crippen molar-refractivity contribution in [2.75, 3.05) is 6.61 Å². The van der Waals surface area contributed by atoms with E-state index in [0.717, 1.165) is 56.9 Å². The Morgan fingerprint density at radius 3 is 2.61 bits per heavy atom. The average Bonchev–Trinajstić information content (AvgIpc) is 2.97. The molecule has 4 rings (SSSR count). The third-order valence-electron chi connectivity index (χ3n) is 5.06. The largest absolute Gasteiger partial charge is 0.506 e. The van der Waals surface area contributed by atoms with E-state index >= 15 is 0 Å². The van der Waals surface area contributed by atoms with Gasteiger partial charge in [0.25, 0.3) is 0 Å². The van der Waals surface area contributed by atoms with Crippen LogP contribution in [0.2, 0.25) is 0 Å². The number of rotatable bonds is 3. The number of hydrogen-bond donors (Lipinski definition) is 2. The van der Waals surface area contributed by atoms with Crippen molar-refractivity contribution >= 4 is 42.8 Å². The molecule has 23 heavy (non-hydrogen) atoms. The second kappa shape index (κ2) is 6.07. The smallest absolute Gasteiger partial charge is 0.148 e. The summed E-state index contributed by atoms with van der Waals surface area (Å²) in [5, 5.41) is 10.7. The number of ether oxygens (including phenoxy) is 1. The highest BCUT2D eigenvalue weighted by molar-refractivity contribution is 9.11. The summed E-state index contributed by atoms with van der Waals surface area (Å²) in [7, 11) is 0. The predicted octanol–water partition coefficient (Wildman–Crippen LogP) is 5.22. The molecule has 0 spiro atoms. The summed E-state index contributed by atoms with van der Waals surface area (Å²) >= 11 is 7.15. The van der Waals surface area contributed by atoms with Gasteiger partial charge < -0.3 is 14.8 Å². The zero-order valence-corrected chi connectivity index (χ0v) is 15.7. The summed E-state index contributed by atoms with van der Waals surface area (Å²) in [6.45, 7) is 0.725. The van der Waals surface area contributed by atoms with Crippen LogP contribution >= 0.6 is 31.9 Å². The standard InChI is InChI=1S/C18H17Br2NO2/c19-13-7-14-16(15(22)8-21-14)17(20)18(13)23-9-12-10-5-3-1-2-4-6-11(10)12/h7-8,10-12,21-22H,3-6,9H2/t10-,11+,12?. The third kappa shape index (κ3) is 2.77. The second-order valence-corrected chi connectivity index (χ2v) is 7.98. The monoisotopic (exact) mass is 437 g/mol. The third-order valence-corrected chi connectivity index (χ3v) is 6.40. The summed E-state index contributed by atoms with van der Waals surface area (Å²) in [6.07, 6.45) is 6.04. The van der Waals surface area contributed by atoms with Crippen molar-refractivity contribution in [2.45, 2.75) is 25.7 Å². The van der Waals surface area contributed by atoms with Crippen molar-refractivity contribution in [3.63, 3.8) is 0 Å². The molecule has 120 valence electrons. The maximum Gasteiger partial charge on any atom is 0.148 e. The van der Waals surface area contributed by atoms with Gasteiger partial charge in [0.15, 0.2) is 0 Å². The van der Waals surface area contributed by atoms with Gasteiger partial charge in [0.05, 0.1) is 26.5 Å². The quantitative estimate of drug-likeness (QED) is 0.645. The molecule has 1 aromatic heterocycles. The molecule has 0 aliphatic heterocycles. The van der Waals surface area contributed by atoms with Crippen LogP contribution in [0.5, 0.6) is 11.5 Å². The molecular weight excluding hydrogens is 422 g/mol. The molecule has 1 aromatic carbocycles. The minimum atomic E-state index is 0.231. The summed E-state index contributed by atoms with van der Waals surface area (Å²) < 4.78 is 7.82. The normalized spacial score (nSPS) is 25.9. The molecule has 2 aliphatic carbocycles. The lowest BCUT2D eigenvalue weighted by Gasteiger charge is -2.11. The van der Waals surface area contributed by atoms with Crippen LogP contribution in [-0.2, 0) is 0 Å². The maximum absolute atomic E-state index is 9.98. The van der Waals surface area contributed by atoms with Gasteiger partial charge in [-0.1, -0.05) is 0 Å². The van der Waals surface area contributed by atoms with Gasteiger partial charge in [0.1, 0.15) is 11.5 Å². The minimum absolute atomic E-state index is 0.231. The van der Waals surface area contributed by atoms with Gasteiger partial charge in [-0.2, -0.15) is 0 Å². The summed E-state index contributed by atoms with van der Waals surface area (Å²) in [6, 6.07) is 1.94. The lowest BCUT2D eigenvalue weighted by molar-refractivity contribution is 0.282. The molecule has 3 atom stereocenters. The van der Waals surface area contributed by atoms with Crippen LogP contribution in [0.3, 0.4) is 0 Å². The van der Waals surface area contributed by atoms with Gasteiger partial charge >= 0.3 is 0 Å². The van der Waals surface area contributed by atoms with Gasteiger partial charge in [0, 0.05) is 19.0 Å². The number of nitrogens with one attached hydrogen (secondary N) is 1. The molecule has 0 bridgehead atoms.